The first-order valence-electron chi connectivity index (χ1n) is 6.59. The van der Waals surface area contributed by atoms with Gasteiger partial charge < -0.3 is 5.32 Å². The Labute approximate surface area is 127 Å². The van der Waals surface area contributed by atoms with Crippen molar-refractivity contribution in [3.05, 3.63) is 71.1 Å². The van der Waals surface area contributed by atoms with Crippen LogP contribution in [0.4, 0.5) is 5.13 Å². The van der Waals surface area contributed by atoms with Crippen molar-refractivity contribution in [2.75, 3.05) is 5.32 Å². The minimum Gasteiger partial charge on any atom is -0.357 e. The highest BCUT2D eigenvalue weighted by Crippen LogP contribution is 2.25. The third-order valence-corrected chi connectivity index (χ3v) is 3.90. The minimum absolute atomic E-state index is 0.663. The number of nitrogens with zero attached hydrogens (tertiary/aromatic N) is 2. The van der Waals surface area contributed by atoms with Crippen molar-refractivity contribution in [2.45, 2.75) is 6.54 Å². The zero-order valence-electron chi connectivity index (χ0n) is 11.3. The average molecular weight is 291 g/mol. The Morgan fingerprint density at radius 3 is 2.52 bits per heavy atom. The van der Waals surface area contributed by atoms with Crippen molar-refractivity contribution >= 4 is 16.5 Å². The number of benzene rings is 2. The van der Waals surface area contributed by atoms with Gasteiger partial charge in [0.1, 0.15) is 0 Å². The highest BCUT2D eigenvalue weighted by Gasteiger charge is 2.04. The van der Waals surface area contributed by atoms with Gasteiger partial charge in [0.25, 0.3) is 0 Å². The summed E-state index contributed by atoms with van der Waals surface area (Å²) in [6.07, 6.45) is 0. The fraction of sp³-hybridized carbons (Fsp3) is 0.0588. The van der Waals surface area contributed by atoms with Gasteiger partial charge in [0.05, 0.1) is 17.3 Å². The van der Waals surface area contributed by atoms with E-state index in [9.17, 15) is 0 Å². The molecule has 0 unspecified atom stereocenters. The molecule has 1 aromatic heterocycles. The summed E-state index contributed by atoms with van der Waals surface area (Å²) in [6, 6.07) is 19.8. The fourth-order valence-electron chi connectivity index (χ4n) is 1.98. The van der Waals surface area contributed by atoms with Crippen LogP contribution >= 0.6 is 11.3 Å². The first-order valence-corrected chi connectivity index (χ1v) is 7.47. The molecule has 102 valence electrons. The van der Waals surface area contributed by atoms with Gasteiger partial charge in [-0.3, -0.25) is 0 Å². The van der Waals surface area contributed by atoms with Crippen LogP contribution in [0.3, 0.4) is 0 Å². The van der Waals surface area contributed by atoms with Crippen molar-refractivity contribution < 1.29 is 0 Å². The van der Waals surface area contributed by atoms with Crippen molar-refractivity contribution in [1.29, 1.82) is 5.26 Å². The summed E-state index contributed by atoms with van der Waals surface area (Å²) in [5.41, 5.74) is 3.85. The molecule has 0 spiro atoms. The van der Waals surface area contributed by atoms with E-state index in [0.29, 0.717) is 5.56 Å². The average Bonchev–Trinajstić information content (AvgIpc) is 3.03. The van der Waals surface area contributed by atoms with Crippen LogP contribution in [0.15, 0.2) is 60.0 Å². The van der Waals surface area contributed by atoms with Gasteiger partial charge in [0.2, 0.25) is 0 Å². The van der Waals surface area contributed by atoms with Crippen molar-refractivity contribution in [3.8, 4) is 17.3 Å². The van der Waals surface area contributed by atoms with Crippen molar-refractivity contribution in [2.24, 2.45) is 0 Å². The minimum atomic E-state index is 0.663. The monoisotopic (exact) mass is 291 g/mol. The van der Waals surface area contributed by atoms with Crippen LogP contribution in [-0.2, 0) is 6.54 Å². The molecule has 0 saturated heterocycles. The summed E-state index contributed by atoms with van der Waals surface area (Å²) in [4.78, 5) is 4.58. The molecule has 3 nitrogen and oxygen atoms in total. The van der Waals surface area contributed by atoms with Crippen LogP contribution in [0.1, 0.15) is 11.1 Å². The van der Waals surface area contributed by atoms with Crippen LogP contribution in [0, 0.1) is 11.3 Å². The molecule has 2 aromatic carbocycles. The van der Waals surface area contributed by atoms with Crippen LogP contribution in [0.5, 0.6) is 0 Å². The lowest BCUT2D eigenvalue weighted by Gasteiger charge is -2.02. The Balaban J connectivity index is 1.69. The Hall–Kier alpha value is -2.64. The highest BCUT2D eigenvalue weighted by atomic mass is 32.1. The van der Waals surface area contributed by atoms with Crippen LogP contribution in [0.2, 0.25) is 0 Å². The molecular weight excluding hydrogens is 278 g/mol. The molecule has 1 N–H and O–H groups in total. The zero-order chi connectivity index (χ0) is 14.5. The third-order valence-electron chi connectivity index (χ3n) is 3.10. The second-order valence-corrected chi connectivity index (χ2v) is 5.42. The molecule has 0 saturated carbocycles. The van der Waals surface area contributed by atoms with Gasteiger partial charge in [-0.15, -0.1) is 11.3 Å². The van der Waals surface area contributed by atoms with E-state index in [-0.39, 0.29) is 0 Å². The largest absolute Gasteiger partial charge is 0.357 e. The van der Waals surface area contributed by atoms with Gasteiger partial charge >= 0.3 is 0 Å². The molecule has 0 aliphatic heterocycles. The lowest BCUT2D eigenvalue weighted by molar-refractivity contribution is 1.14. The number of thiazole rings is 1. The number of aromatic nitrogens is 1. The summed E-state index contributed by atoms with van der Waals surface area (Å²) in [7, 11) is 0. The number of nitriles is 1. The standard InChI is InChI=1S/C17H13N3S/c18-10-13-6-8-15(9-7-13)16-12-21-17(20-16)19-11-14-4-2-1-3-5-14/h1-9,12H,11H2,(H,19,20). The van der Waals surface area contributed by atoms with E-state index >= 15 is 0 Å². The predicted molar refractivity (Wildman–Crippen MR) is 86.0 cm³/mol. The quantitative estimate of drug-likeness (QED) is 0.780. The molecule has 0 aliphatic rings. The Morgan fingerprint density at radius 2 is 1.81 bits per heavy atom. The lowest BCUT2D eigenvalue weighted by Crippen LogP contribution is -1.98. The summed E-state index contributed by atoms with van der Waals surface area (Å²) in [5, 5.41) is 15.1. The molecule has 0 atom stereocenters. The lowest BCUT2D eigenvalue weighted by atomic mass is 10.1. The zero-order valence-corrected chi connectivity index (χ0v) is 12.1. The first-order chi connectivity index (χ1) is 10.3. The molecule has 1 heterocycles. The molecule has 3 rings (SSSR count). The van der Waals surface area contributed by atoms with E-state index in [1.807, 2.05) is 47.8 Å². The number of anilines is 1. The first kappa shape index (κ1) is 13.3. The number of hydrogen-bond acceptors (Lipinski definition) is 4. The summed E-state index contributed by atoms with van der Waals surface area (Å²) >= 11 is 1.59. The van der Waals surface area contributed by atoms with E-state index in [1.54, 1.807) is 11.3 Å². The van der Waals surface area contributed by atoms with Crippen LogP contribution in [-0.4, -0.2) is 4.98 Å². The maximum absolute atomic E-state index is 8.81. The number of nitrogens with one attached hydrogen (secondary N) is 1. The number of rotatable bonds is 4. The second kappa shape index (κ2) is 6.21. The topological polar surface area (TPSA) is 48.7 Å². The van der Waals surface area contributed by atoms with Gasteiger partial charge in [-0.2, -0.15) is 5.26 Å². The molecule has 0 bridgehead atoms. The smallest absolute Gasteiger partial charge is 0.183 e. The molecule has 4 heteroatoms. The molecule has 0 fully saturated rings. The van der Waals surface area contributed by atoms with E-state index in [1.165, 1.54) is 5.56 Å². The Bertz CT molecular complexity index is 755. The highest BCUT2D eigenvalue weighted by molar-refractivity contribution is 7.14. The van der Waals surface area contributed by atoms with Crippen LogP contribution in [0.25, 0.3) is 11.3 Å². The molecule has 0 radical (unpaired) electrons. The van der Waals surface area contributed by atoms with E-state index in [0.717, 1.165) is 22.9 Å². The van der Waals surface area contributed by atoms with E-state index < -0.39 is 0 Å². The molecular formula is C17H13N3S. The van der Waals surface area contributed by atoms with Gasteiger partial charge in [-0.1, -0.05) is 42.5 Å². The summed E-state index contributed by atoms with van der Waals surface area (Å²) in [5.74, 6) is 0. The van der Waals surface area contributed by atoms with Crippen molar-refractivity contribution in [1.82, 2.24) is 4.98 Å². The van der Waals surface area contributed by atoms with Crippen LogP contribution < -0.4 is 5.32 Å². The van der Waals surface area contributed by atoms with E-state index in [4.69, 9.17) is 5.26 Å². The maximum Gasteiger partial charge on any atom is 0.183 e. The van der Waals surface area contributed by atoms with Gasteiger partial charge in [-0.25, -0.2) is 4.98 Å². The van der Waals surface area contributed by atoms with E-state index in [2.05, 4.69) is 28.5 Å². The normalized spacial score (nSPS) is 10.0. The summed E-state index contributed by atoms with van der Waals surface area (Å²) in [6.45, 7) is 0.765. The second-order valence-electron chi connectivity index (χ2n) is 4.57. The van der Waals surface area contributed by atoms with Crippen molar-refractivity contribution in [3.63, 3.8) is 0 Å². The van der Waals surface area contributed by atoms with Gasteiger partial charge in [-0.05, 0) is 17.7 Å². The molecule has 0 aliphatic carbocycles. The fourth-order valence-corrected chi connectivity index (χ4v) is 2.70. The maximum atomic E-state index is 8.81. The predicted octanol–water partition coefficient (Wildman–Crippen LogP) is 4.29. The molecule has 3 aromatic rings. The van der Waals surface area contributed by atoms with Gasteiger partial charge in [0.15, 0.2) is 5.13 Å². The third kappa shape index (κ3) is 3.28. The molecule has 21 heavy (non-hydrogen) atoms. The Kier molecular flexibility index (Phi) is 3.95. The van der Waals surface area contributed by atoms with Gasteiger partial charge in [0, 0.05) is 17.5 Å². The number of hydrogen-bond donors (Lipinski definition) is 1. The molecule has 0 amide bonds. The SMILES string of the molecule is N#Cc1ccc(-c2csc(NCc3ccccc3)n2)cc1. The Morgan fingerprint density at radius 1 is 1.05 bits per heavy atom. The summed E-state index contributed by atoms with van der Waals surface area (Å²) < 4.78 is 0.